The van der Waals surface area contributed by atoms with Gasteiger partial charge in [-0.05, 0) is 36.8 Å². The number of carbonyl (C=O) groups is 2. The first-order valence-corrected chi connectivity index (χ1v) is 10.2. The van der Waals surface area contributed by atoms with Crippen molar-refractivity contribution in [1.82, 2.24) is 0 Å². The summed E-state index contributed by atoms with van der Waals surface area (Å²) < 4.78 is 5.59. The minimum atomic E-state index is -0.901. The van der Waals surface area contributed by atoms with E-state index < -0.39 is 18.1 Å². The van der Waals surface area contributed by atoms with E-state index in [1.54, 1.807) is 18.2 Å². The van der Waals surface area contributed by atoms with Crippen molar-refractivity contribution >= 4 is 23.2 Å². The zero-order chi connectivity index (χ0) is 21.5. The molecule has 0 unspecified atom stereocenters. The largest absolute Gasteiger partial charge is 0.496 e. The number of methoxy groups -OCH3 is 1. The van der Waals surface area contributed by atoms with Gasteiger partial charge in [-0.3, -0.25) is 14.4 Å². The number of fused-ring (bicyclic) bond motifs is 1. The van der Waals surface area contributed by atoms with Gasteiger partial charge in [-0.25, -0.2) is 9.96 Å². The smallest absolute Gasteiger partial charge is 0.266 e. The Morgan fingerprint density at radius 3 is 2.26 bits per heavy atom. The number of nitrogens with zero attached hydrogens (tertiary/aromatic N) is 2. The molecule has 2 fully saturated rings. The molecular weight excluding hydrogens is 392 g/mol. The molecule has 6 heteroatoms. The van der Waals surface area contributed by atoms with Crippen LogP contribution in [-0.4, -0.2) is 25.0 Å². The van der Waals surface area contributed by atoms with Crippen LogP contribution in [0.1, 0.15) is 17.2 Å². The average molecular weight is 414 g/mol. The molecule has 0 bridgehead atoms. The van der Waals surface area contributed by atoms with E-state index >= 15 is 0 Å². The van der Waals surface area contributed by atoms with E-state index in [-0.39, 0.29) is 11.8 Å². The molecule has 0 radical (unpaired) electrons. The molecule has 2 aliphatic heterocycles. The molecule has 6 nitrogen and oxygen atoms in total. The Kier molecular flexibility index (Phi) is 4.71. The summed E-state index contributed by atoms with van der Waals surface area (Å²) >= 11 is 0. The van der Waals surface area contributed by atoms with Crippen LogP contribution < -0.4 is 14.7 Å². The van der Waals surface area contributed by atoms with Gasteiger partial charge in [0.1, 0.15) is 11.7 Å². The maximum Gasteiger partial charge on any atom is 0.266 e. The number of carbonyl (C=O) groups excluding carboxylic acids is 2. The highest BCUT2D eigenvalue weighted by Gasteiger charge is 2.60. The topological polar surface area (TPSA) is 59.1 Å². The Balaban J connectivity index is 1.63. The van der Waals surface area contributed by atoms with E-state index in [0.29, 0.717) is 11.4 Å². The van der Waals surface area contributed by atoms with Crippen molar-refractivity contribution in [2.24, 2.45) is 5.92 Å². The average Bonchev–Trinajstić information content (AvgIpc) is 3.31. The molecule has 0 spiro atoms. The van der Waals surface area contributed by atoms with Crippen LogP contribution in [0.5, 0.6) is 5.75 Å². The molecule has 3 atom stereocenters. The van der Waals surface area contributed by atoms with Crippen molar-refractivity contribution in [3.8, 4) is 5.75 Å². The highest BCUT2D eigenvalue weighted by Crippen LogP contribution is 2.49. The molecular formula is C25H22N2O4. The molecule has 31 heavy (non-hydrogen) atoms. The number of imide groups is 1. The molecule has 3 aromatic carbocycles. The molecule has 2 amide bonds. The zero-order valence-corrected chi connectivity index (χ0v) is 17.3. The van der Waals surface area contributed by atoms with Crippen LogP contribution in [0, 0.1) is 12.8 Å². The van der Waals surface area contributed by atoms with E-state index in [4.69, 9.17) is 9.57 Å². The van der Waals surface area contributed by atoms with Gasteiger partial charge in [0.2, 0.25) is 5.91 Å². The summed E-state index contributed by atoms with van der Waals surface area (Å²) in [6, 6.07) is 23.9. The van der Waals surface area contributed by atoms with E-state index in [2.05, 4.69) is 0 Å². The van der Waals surface area contributed by atoms with E-state index in [1.807, 2.05) is 79.7 Å². The Hall–Kier alpha value is -3.64. The molecule has 0 aromatic heterocycles. The highest BCUT2D eigenvalue weighted by atomic mass is 16.7. The van der Waals surface area contributed by atoms with Crippen LogP contribution in [0.25, 0.3) is 0 Å². The van der Waals surface area contributed by atoms with Gasteiger partial charge in [0.15, 0.2) is 6.10 Å². The van der Waals surface area contributed by atoms with Crippen molar-refractivity contribution < 1.29 is 19.2 Å². The van der Waals surface area contributed by atoms with Crippen LogP contribution in [0.4, 0.5) is 11.4 Å². The van der Waals surface area contributed by atoms with Gasteiger partial charge in [0.05, 0.1) is 24.5 Å². The van der Waals surface area contributed by atoms with Gasteiger partial charge in [-0.2, -0.15) is 0 Å². The molecule has 2 aliphatic rings. The fourth-order valence-corrected chi connectivity index (χ4v) is 4.49. The minimum absolute atomic E-state index is 0.265. The number of aryl methyl sites for hydroxylation is 1. The first-order valence-electron chi connectivity index (χ1n) is 10.2. The van der Waals surface area contributed by atoms with Gasteiger partial charge in [-0.15, -0.1) is 0 Å². The molecule has 2 heterocycles. The Morgan fingerprint density at radius 1 is 0.839 bits per heavy atom. The van der Waals surface area contributed by atoms with Gasteiger partial charge in [0, 0.05) is 5.56 Å². The first-order chi connectivity index (χ1) is 15.1. The molecule has 0 N–H and O–H groups in total. The predicted octanol–water partition coefficient (Wildman–Crippen LogP) is 4.05. The number of amides is 2. The summed E-state index contributed by atoms with van der Waals surface area (Å²) in [5, 5.41) is 1.68. The fraction of sp³-hybridized carbons (Fsp3) is 0.200. The Labute approximate surface area is 180 Å². The van der Waals surface area contributed by atoms with Crippen LogP contribution >= 0.6 is 0 Å². The lowest BCUT2D eigenvalue weighted by molar-refractivity contribution is -0.126. The van der Waals surface area contributed by atoms with Crippen LogP contribution in [0.3, 0.4) is 0 Å². The number of rotatable bonds is 4. The summed E-state index contributed by atoms with van der Waals surface area (Å²) in [7, 11) is 1.60. The van der Waals surface area contributed by atoms with E-state index in [9.17, 15) is 9.59 Å². The lowest BCUT2D eigenvalue weighted by Gasteiger charge is -2.29. The standard InChI is InChI=1S/C25H22N2O4/c1-16-10-6-8-14-19(16)26-24(28)21-22(18-13-7-9-15-20(18)30-2)27(31-23(21)25(26)29)17-11-4-3-5-12-17/h3-15,21-23H,1-2H3/t21-,22+,23-/m0/s1. The van der Waals surface area contributed by atoms with Crippen molar-refractivity contribution in [3.63, 3.8) is 0 Å². The predicted molar refractivity (Wildman–Crippen MR) is 117 cm³/mol. The molecule has 0 saturated carbocycles. The van der Waals surface area contributed by atoms with Crippen molar-refractivity contribution in [2.45, 2.75) is 19.1 Å². The molecule has 5 rings (SSSR count). The number of benzene rings is 3. The third-order valence-electron chi connectivity index (χ3n) is 5.94. The number of ether oxygens (including phenoxy) is 1. The lowest BCUT2D eigenvalue weighted by Crippen LogP contribution is -2.37. The monoisotopic (exact) mass is 414 g/mol. The van der Waals surface area contributed by atoms with E-state index in [1.165, 1.54) is 4.90 Å². The molecule has 3 aromatic rings. The maximum atomic E-state index is 13.7. The fourth-order valence-electron chi connectivity index (χ4n) is 4.49. The van der Waals surface area contributed by atoms with Crippen LogP contribution in [0.15, 0.2) is 78.9 Å². The van der Waals surface area contributed by atoms with Gasteiger partial charge in [-0.1, -0.05) is 54.6 Å². The molecule has 0 aliphatic carbocycles. The van der Waals surface area contributed by atoms with Gasteiger partial charge in [0.25, 0.3) is 5.91 Å². The SMILES string of the molecule is COc1ccccc1[C@@H]1[C@@H]2C(=O)N(c3ccccc3C)C(=O)[C@H]2ON1c1ccccc1. The summed E-state index contributed by atoms with van der Waals surface area (Å²) in [6.07, 6.45) is -0.901. The summed E-state index contributed by atoms with van der Waals surface area (Å²) in [5.41, 5.74) is 3.03. The van der Waals surface area contributed by atoms with Crippen LogP contribution in [-0.2, 0) is 14.4 Å². The second-order valence-corrected chi connectivity index (χ2v) is 7.70. The van der Waals surface area contributed by atoms with Gasteiger partial charge >= 0.3 is 0 Å². The number of hydroxylamine groups is 1. The van der Waals surface area contributed by atoms with Crippen molar-refractivity contribution in [3.05, 3.63) is 90.0 Å². The Bertz CT molecular complexity index is 1150. The Morgan fingerprint density at radius 2 is 1.52 bits per heavy atom. The van der Waals surface area contributed by atoms with Crippen LogP contribution in [0.2, 0.25) is 0 Å². The molecule has 2 saturated heterocycles. The van der Waals surface area contributed by atoms with Crippen molar-refractivity contribution in [2.75, 3.05) is 17.1 Å². The third kappa shape index (κ3) is 2.99. The summed E-state index contributed by atoms with van der Waals surface area (Å²) in [5.74, 6) is -0.655. The van der Waals surface area contributed by atoms with E-state index in [0.717, 1.165) is 16.8 Å². The summed E-state index contributed by atoms with van der Waals surface area (Å²) in [6.45, 7) is 1.89. The maximum absolute atomic E-state index is 13.7. The summed E-state index contributed by atoms with van der Waals surface area (Å²) in [4.78, 5) is 34.5. The number of hydrogen-bond donors (Lipinski definition) is 0. The lowest BCUT2D eigenvalue weighted by atomic mass is 9.90. The second-order valence-electron chi connectivity index (χ2n) is 7.70. The molecule has 156 valence electrons. The first kappa shape index (κ1) is 19.3. The number of anilines is 2. The minimum Gasteiger partial charge on any atom is -0.496 e. The number of hydrogen-bond acceptors (Lipinski definition) is 5. The number of para-hydroxylation sites is 3. The second kappa shape index (κ2) is 7.56. The quantitative estimate of drug-likeness (QED) is 0.603. The highest BCUT2D eigenvalue weighted by molar-refractivity contribution is 6.24. The van der Waals surface area contributed by atoms with Gasteiger partial charge < -0.3 is 4.74 Å². The normalized spacial score (nSPS) is 22.7. The third-order valence-corrected chi connectivity index (χ3v) is 5.94. The van der Waals surface area contributed by atoms with Crippen molar-refractivity contribution in [1.29, 1.82) is 0 Å². The zero-order valence-electron chi connectivity index (χ0n) is 17.3.